The number of hydrogen-bond acceptors (Lipinski definition) is 4. The van der Waals surface area contributed by atoms with Crippen LogP contribution in [0.5, 0.6) is 0 Å². The lowest BCUT2D eigenvalue weighted by atomic mass is 10.1. The molecule has 22 heavy (non-hydrogen) atoms. The SMILES string of the molecule is C[C@@H]1CNC/C(=C(/F)CN2C(=O)c3ccccc3C2=O)CO1. The second-order valence-corrected chi connectivity index (χ2v) is 5.50. The number of rotatable bonds is 2. The van der Waals surface area contributed by atoms with Gasteiger partial charge in [0.1, 0.15) is 5.83 Å². The van der Waals surface area contributed by atoms with Crippen molar-refractivity contribution in [1.82, 2.24) is 10.2 Å². The number of imide groups is 1. The minimum Gasteiger partial charge on any atom is -0.373 e. The monoisotopic (exact) mass is 304 g/mol. The van der Waals surface area contributed by atoms with Gasteiger partial charge in [-0.05, 0) is 19.1 Å². The summed E-state index contributed by atoms with van der Waals surface area (Å²) < 4.78 is 19.9. The number of ether oxygens (including phenoxy) is 1. The van der Waals surface area contributed by atoms with Crippen LogP contribution in [-0.2, 0) is 4.74 Å². The van der Waals surface area contributed by atoms with Gasteiger partial charge in [-0.3, -0.25) is 14.5 Å². The number of carbonyl (C=O) groups is 2. The molecule has 0 aromatic heterocycles. The number of nitrogens with zero attached hydrogens (tertiary/aromatic N) is 1. The van der Waals surface area contributed by atoms with E-state index in [1.807, 2.05) is 6.92 Å². The van der Waals surface area contributed by atoms with E-state index in [4.69, 9.17) is 4.74 Å². The molecule has 2 heterocycles. The standard InChI is InChI=1S/C16H17FN2O3/c1-10-6-18-7-11(9-22-10)14(17)8-19-15(20)12-4-2-3-5-13(12)16(19)21/h2-5,10,18H,6-9H2,1H3/b14-11-/t10-/m1/s1. The molecule has 2 amide bonds. The van der Waals surface area contributed by atoms with Crippen LogP contribution in [0.1, 0.15) is 27.6 Å². The van der Waals surface area contributed by atoms with Gasteiger partial charge in [0.15, 0.2) is 0 Å². The number of fused-ring (bicyclic) bond motifs is 1. The molecule has 1 fully saturated rings. The number of hydrogen-bond donors (Lipinski definition) is 1. The molecule has 0 saturated carbocycles. The van der Waals surface area contributed by atoms with Crippen LogP contribution in [0.15, 0.2) is 35.7 Å². The van der Waals surface area contributed by atoms with Crippen molar-refractivity contribution in [2.45, 2.75) is 13.0 Å². The second kappa shape index (κ2) is 5.98. The van der Waals surface area contributed by atoms with Crippen LogP contribution in [0.4, 0.5) is 4.39 Å². The Morgan fingerprint density at radius 2 is 1.95 bits per heavy atom. The predicted octanol–water partition coefficient (Wildman–Crippen LogP) is 1.51. The number of halogens is 1. The molecule has 0 unspecified atom stereocenters. The number of benzene rings is 1. The van der Waals surface area contributed by atoms with Crippen LogP contribution in [0.25, 0.3) is 0 Å². The van der Waals surface area contributed by atoms with Crippen molar-refractivity contribution in [2.75, 3.05) is 26.2 Å². The van der Waals surface area contributed by atoms with Crippen molar-refractivity contribution in [2.24, 2.45) is 0 Å². The number of carbonyl (C=O) groups excluding carboxylic acids is 2. The summed E-state index contributed by atoms with van der Waals surface area (Å²) in [5.41, 5.74) is 1.10. The molecule has 0 bridgehead atoms. The van der Waals surface area contributed by atoms with Gasteiger partial charge in [-0.2, -0.15) is 0 Å². The van der Waals surface area contributed by atoms with Crippen LogP contribution < -0.4 is 5.32 Å². The molecular formula is C16H17FN2O3. The molecular weight excluding hydrogens is 287 g/mol. The molecule has 2 aliphatic rings. The molecule has 1 N–H and O–H groups in total. The van der Waals surface area contributed by atoms with E-state index in [1.54, 1.807) is 24.3 Å². The highest BCUT2D eigenvalue weighted by molar-refractivity contribution is 6.21. The fraction of sp³-hybridized carbons (Fsp3) is 0.375. The van der Waals surface area contributed by atoms with E-state index in [0.29, 0.717) is 29.8 Å². The average molecular weight is 304 g/mol. The lowest BCUT2D eigenvalue weighted by Crippen LogP contribution is -2.32. The van der Waals surface area contributed by atoms with Gasteiger partial charge in [0.25, 0.3) is 11.8 Å². The topological polar surface area (TPSA) is 58.6 Å². The maximum absolute atomic E-state index is 14.4. The third-order valence-electron chi connectivity index (χ3n) is 3.87. The number of amides is 2. The van der Waals surface area contributed by atoms with Gasteiger partial charge in [0.2, 0.25) is 0 Å². The van der Waals surface area contributed by atoms with E-state index >= 15 is 0 Å². The summed E-state index contributed by atoms with van der Waals surface area (Å²) in [4.78, 5) is 25.4. The predicted molar refractivity (Wildman–Crippen MR) is 78.2 cm³/mol. The summed E-state index contributed by atoms with van der Waals surface area (Å²) >= 11 is 0. The Morgan fingerprint density at radius 1 is 1.32 bits per heavy atom. The Bertz CT molecular complexity index is 622. The molecule has 1 aromatic rings. The molecule has 0 spiro atoms. The highest BCUT2D eigenvalue weighted by atomic mass is 19.1. The van der Waals surface area contributed by atoms with Gasteiger partial charge in [0.05, 0.1) is 30.4 Å². The quantitative estimate of drug-likeness (QED) is 0.842. The summed E-state index contributed by atoms with van der Waals surface area (Å²) in [6.45, 7) is 2.73. The van der Waals surface area contributed by atoms with Gasteiger partial charge in [-0.25, -0.2) is 4.39 Å². The Kier molecular flexibility index (Phi) is 4.04. The zero-order valence-electron chi connectivity index (χ0n) is 12.3. The molecule has 6 heteroatoms. The minimum absolute atomic E-state index is 0.00426. The van der Waals surface area contributed by atoms with Crippen LogP contribution in [-0.4, -0.2) is 49.1 Å². The zero-order valence-corrected chi connectivity index (χ0v) is 12.3. The number of nitrogens with one attached hydrogen (secondary N) is 1. The molecule has 0 aliphatic carbocycles. The first-order valence-electron chi connectivity index (χ1n) is 7.22. The Hall–Kier alpha value is -2.05. The van der Waals surface area contributed by atoms with E-state index in [-0.39, 0.29) is 19.3 Å². The van der Waals surface area contributed by atoms with Crippen LogP contribution in [0.3, 0.4) is 0 Å². The first kappa shape index (κ1) is 14.9. The highest BCUT2D eigenvalue weighted by Crippen LogP contribution is 2.24. The zero-order chi connectivity index (χ0) is 15.7. The molecule has 3 rings (SSSR count). The summed E-state index contributed by atoms with van der Waals surface area (Å²) in [5, 5.41) is 3.08. The van der Waals surface area contributed by atoms with Crippen molar-refractivity contribution in [1.29, 1.82) is 0 Å². The lowest BCUT2D eigenvalue weighted by molar-refractivity contribution is 0.0655. The van der Waals surface area contributed by atoms with Crippen molar-refractivity contribution >= 4 is 11.8 Å². The summed E-state index contributed by atoms with van der Waals surface area (Å²) in [6, 6.07) is 6.54. The first-order chi connectivity index (χ1) is 10.6. The van der Waals surface area contributed by atoms with Crippen molar-refractivity contribution in [3.8, 4) is 0 Å². The van der Waals surface area contributed by atoms with Crippen molar-refractivity contribution in [3.05, 3.63) is 46.8 Å². The lowest BCUT2D eigenvalue weighted by Gasteiger charge is -2.14. The molecule has 2 aliphatic heterocycles. The van der Waals surface area contributed by atoms with Gasteiger partial charge in [-0.1, -0.05) is 12.1 Å². The van der Waals surface area contributed by atoms with Gasteiger partial charge in [-0.15, -0.1) is 0 Å². The van der Waals surface area contributed by atoms with E-state index < -0.39 is 17.6 Å². The van der Waals surface area contributed by atoms with E-state index in [9.17, 15) is 14.0 Å². The van der Waals surface area contributed by atoms with Gasteiger partial charge < -0.3 is 10.1 Å². The van der Waals surface area contributed by atoms with Crippen LogP contribution in [0, 0.1) is 0 Å². The average Bonchev–Trinajstić information content (AvgIpc) is 2.69. The Labute approximate surface area is 127 Å². The largest absolute Gasteiger partial charge is 0.373 e. The Balaban J connectivity index is 1.79. The Morgan fingerprint density at radius 3 is 2.59 bits per heavy atom. The van der Waals surface area contributed by atoms with Crippen LogP contribution >= 0.6 is 0 Å². The molecule has 116 valence electrons. The first-order valence-corrected chi connectivity index (χ1v) is 7.22. The second-order valence-electron chi connectivity index (χ2n) is 5.50. The molecule has 1 aromatic carbocycles. The van der Waals surface area contributed by atoms with E-state index in [1.165, 1.54) is 0 Å². The van der Waals surface area contributed by atoms with Crippen LogP contribution in [0.2, 0.25) is 0 Å². The van der Waals surface area contributed by atoms with Gasteiger partial charge >= 0.3 is 0 Å². The smallest absolute Gasteiger partial charge is 0.261 e. The highest BCUT2D eigenvalue weighted by Gasteiger charge is 2.36. The molecule has 1 saturated heterocycles. The summed E-state index contributed by atoms with van der Waals surface area (Å²) in [7, 11) is 0. The summed E-state index contributed by atoms with van der Waals surface area (Å²) in [6.07, 6.45) is 0.00426. The normalized spacial score (nSPS) is 24.3. The van der Waals surface area contributed by atoms with E-state index in [2.05, 4.69) is 5.32 Å². The third kappa shape index (κ3) is 2.67. The summed E-state index contributed by atoms with van der Waals surface area (Å²) in [5.74, 6) is -1.39. The molecule has 5 nitrogen and oxygen atoms in total. The van der Waals surface area contributed by atoms with E-state index in [0.717, 1.165) is 4.90 Å². The fourth-order valence-corrected chi connectivity index (χ4v) is 2.59. The maximum atomic E-state index is 14.4. The van der Waals surface area contributed by atoms with Gasteiger partial charge in [0, 0.05) is 18.7 Å². The third-order valence-corrected chi connectivity index (χ3v) is 3.87. The molecule has 1 atom stereocenters. The van der Waals surface area contributed by atoms with Crippen molar-refractivity contribution in [3.63, 3.8) is 0 Å². The fourth-order valence-electron chi connectivity index (χ4n) is 2.59. The van der Waals surface area contributed by atoms with Crippen molar-refractivity contribution < 1.29 is 18.7 Å². The maximum Gasteiger partial charge on any atom is 0.261 e. The molecule has 0 radical (unpaired) electrons. The minimum atomic E-state index is -0.490.